The number of para-hydroxylation sites is 1. The standard InChI is InChI=1S/C29H23ClN2O4S/c1-36-29(35)24-12-5-6-13-25(24)32-28(34)26(19-8-3-2-4-9-19)37-23-16-14-22(15-17-23)31-27(33)20-10-7-11-21(30)18-20/h2-18,26H,1H3,(H,31,33)(H,32,34). The molecule has 8 heteroatoms. The van der Waals surface area contributed by atoms with Gasteiger partial charge in [0.1, 0.15) is 5.25 Å². The molecular weight excluding hydrogens is 508 g/mol. The molecule has 1 atom stereocenters. The zero-order chi connectivity index (χ0) is 26.2. The lowest BCUT2D eigenvalue weighted by Gasteiger charge is -2.18. The molecule has 0 bridgehead atoms. The van der Waals surface area contributed by atoms with Crippen LogP contribution in [-0.4, -0.2) is 24.9 Å². The summed E-state index contributed by atoms with van der Waals surface area (Å²) in [6, 6.07) is 30.0. The third-order valence-electron chi connectivity index (χ3n) is 5.38. The maximum Gasteiger partial charge on any atom is 0.339 e. The highest BCUT2D eigenvalue weighted by Gasteiger charge is 2.24. The number of hydrogen-bond donors (Lipinski definition) is 2. The molecule has 4 aromatic carbocycles. The second kappa shape index (κ2) is 12.3. The van der Waals surface area contributed by atoms with E-state index in [1.165, 1.54) is 18.9 Å². The number of rotatable bonds is 8. The first-order chi connectivity index (χ1) is 17.9. The van der Waals surface area contributed by atoms with Crippen LogP contribution in [0.4, 0.5) is 11.4 Å². The van der Waals surface area contributed by atoms with Crippen molar-refractivity contribution in [2.24, 2.45) is 0 Å². The molecule has 1 unspecified atom stereocenters. The lowest BCUT2D eigenvalue weighted by Crippen LogP contribution is -2.20. The number of ether oxygens (including phenoxy) is 1. The molecule has 0 saturated carbocycles. The van der Waals surface area contributed by atoms with Gasteiger partial charge in [-0.2, -0.15) is 0 Å². The summed E-state index contributed by atoms with van der Waals surface area (Å²) in [7, 11) is 1.30. The molecule has 2 amide bonds. The maximum absolute atomic E-state index is 13.4. The van der Waals surface area contributed by atoms with Crippen LogP contribution in [0.5, 0.6) is 0 Å². The van der Waals surface area contributed by atoms with Crippen LogP contribution in [0.2, 0.25) is 5.02 Å². The van der Waals surface area contributed by atoms with Crippen LogP contribution in [0, 0.1) is 0 Å². The molecule has 0 aromatic heterocycles. The van der Waals surface area contributed by atoms with E-state index < -0.39 is 11.2 Å². The molecule has 0 fully saturated rings. The minimum absolute atomic E-state index is 0.270. The van der Waals surface area contributed by atoms with Crippen LogP contribution in [0.3, 0.4) is 0 Å². The van der Waals surface area contributed by atoms with Gasteiger partial charge in [0.2, 0.25) is 5.91 Å². The zero-order valence-corrected chi connectivity index (χ0v) is 21.4. The Kier molecular flexibility index (Phi) is 8.61. The van der Waals surface area contributed by atoms with E-state index >= 15 is 0 Å². The number of thioether (sulfide) groups is 1. The Bertz CT molecular complexity index is 1410. The van der Waals surface area contributed by atoms with E-state index in [4.69, 9.17) is 16.3 Å². The largest absolute Gasteiger partial charge is 0.465 e. The van der Waals surface area contributed by atoms with Gasteiger partial charge in [0.05, 0.1) is 18.4 Å². The molecule has 2 N–H and O–H groups in total. The van der Waals surface area contributed by atoms with Gasteiger partial charge < -0.3 is 15.4 Å². The summed E-state index contributed by atoms with van der Waals surface area (Å²) in [6.07, 6.45) is 0. The van der Waals surface area contributed by atoms with E-state index in [2.05, 4.69) is 10.6 Å². The smallest absolute Gasteiger partial charge is 0.339 e. The zero-order valence-electron chi connectivity index (χ0n) is 19.8. The van der Waals surface area contributed by atoms with Gasteiger partial charge in [0.15, 0.2) is 0 Å². The molecule has 0 aliphatic carbocycles. The summed E-state index contributed by atoms with van der Waals surface area (Å²) in [5.74, 6) is -1.09. The predicted molar refractivity (Wildman–Crippen MR) is 147 cm³/mol. The van der Waals surface area contributed by atoms with Gasteiger partial charge in [-0.05, 0) is 60.2 Å². The van der Waals surface area contributed by atoms with E-state index in [9.17, 15) is 14.4 Å². The fourth-order valence-corrected chi connectivity index (χ4v) is 4.78. The summed E-state index contributed by atoms with van der Waals surface area (Å²) in [5, 5.41) is 5.61. The molecule has 4 aromatic rings. The highest BCUT2D eigenvalue weighted by molar-refractivity contribution is 8.00. The van der Waals surface area contributed by atoms with E-state index in [1.807, 2.05) is 42.5 Å². The first-order valence-corrected chi connectivity index (χ1v) is 12.6. The quantitative estimate of drug-likeness (QED) is 0.192. The first-order valence-electron chi connectivity index (χ1n) is 11.3. The van der Waals surface area contributed by atoms with Crippen LogP contribution >= 0.6 is 23.4 Å². The molecule has 0 radical (unpaired) electrons. The molecule has 0 saturated heterocycles. The number of esters is 1. The Morgan fingerprint density at radius 1 is 0.811 bits per heavy atom. The number of methoxy groups -OCH3 is 1. The van der Waals surface area contributed by atoms with Gasteiger partial charge in [-0.25, -0.2) is 4.79 Å². The molecule has 37 heavy (non-hydrogen) atoms. The van der Waals surface area contributed by atoms with Crippen molar-refractivity contribution in [3.8, 4) is 0 Å². The summed E-state index contributed by atoms with van der Waals surface area (Å²) in [5.41, 5.74) is 2.52. The number of nitrogens with one attached hydrogen (secondary N) is 2. The topological polar surface area (TPSA) is 84.5 Å². The highest BCUT2D eigenvalue weighted by atomic mass is 35.5. The molecule has 0 spiro atoms. The molecule has 6 nitrogen and oxygen atoms in total. The van der Waals surface area contributed by atoms with Crippen molar-refractivity contribution in [2.75, 3.05) is 17.7 Å². The van der Waals surface area contributed by atoms with Gasteiger partial charge in [-0.15, -0.1) is 11.8 Å². The maximum atomic E-state index is 13.4. The van der Waals surface area contributed by atoms with Gasteiger partial charge in [0.25, 0.3) is 5.91 Å². The first kappa shape index (κ1) is 26.0. The molecule has 0 heterocycles. The van der Waals surface area contributed by atoms with Crippen molar-refractivity contribution in [1.82, 2.24) is 0 Å². The average Bonchev–Trinajstić information content (AvgIpc) is 2.93. The van der Waals surface area contributed by atoms with Crippen molar-refractivity contribution in [3.05, 3.63) is 125 Å². The number of hydrogen-bond acceptors (Lipinski definition) is 5. The third kappa shape index (κ3) is 6.78. The van der Waals surface area contributed by atoms with E-state index in [1.54, 1.807) is 60.7 Å². The molecule has 4 rings (SSSR count). The van der Waals surface area contributed by atoms with Crippen LogP contribution in [0.25, 0.3) is 0 Å². The summed E-state index contributed by atoms with van der Waals surface area (Å²) >= 11 is 7.34. The van der Waals surface area contributed by atoms with Crippen LogP contribution in [0.1, 0.15) is 31.5 Å². The number of halogens is 1. The van der Waals surface area contributed by atoms with Crippen molar-refractivity contribution in [3.63, 3.8) is 0 Å². The minimum Gasteiger partial charge on any atom is -0.465 e. The Morgan fingerprint density at radius 3 is 2.22 bits per heavy atom. The van der Waals surface area contributed by atoms with Gasteiger partial charge in [-0.1, -0.05) is 60.1 Å². The number of amides is 2. The lowest BCUT2D eigenvalue weighted by molar-refractivity contribution is -0.115. The number of anilines is 2. The fraction of sp³-hybridized carbons (Fsp3) is 0.0690. The van der Waals surface area contributed by atoms with Crippen molar-refractivity contribution in [2.45, 2.75) is 10.1 Å². The summed E-state index contributed by atoms with van der Waals surface area (Å²) < 4.78 is 4.84. The average molecular weight is 531 g/mol. The molecule has 0 aliphatic heterocycles. The van der Waals surface area contributed by atoms with Crippen molar-refractivity contribution < 1.29 is 19.1 Å². The third-order valence-corrected chi connectivity index (χ3v) is 6.88. The lowest BCUT2D eigenvalue weighted by atomic mass is 10.1. The van der Waals surface area contributed by atoms with E-state index in [-0.39, 0.29) is 17.4 Å². The van der Waals surface area contributed by atoms with Crippen LogP contribution < -0.4 is 10.6 Å². The van der Waals surface area contributed by atoms with Gasteiger partial charge in [-0.3, -0.25) is 9.59 Å². The Morgan fingerprint density at radius 2 is 1.51 bits per heavy atom. The number of carbonyl (C=O) groups excluding carboxylic acids is 3. The van der Waals surface area contributed by atoms with E-state index in [0.29, 0.717) is 22.0 Å². The second-order valence-electron chi connectivity index (χ2n) is 7.92. The minimum atomic E-state index is -0.598. The number of carbonyl (C=O) groups is 3. The Hall–Kier alpha value is -4.07. The summed E-state index contributed by atoms with van der Waals surface area (Å²) in [4.78, 5) is 38.9. The molecule has 0 aliphatic rings. The predicted octanol–water partition coefficient (Wildman–Crippen LogP) is 6.85. The Balaban J connectivity index is 1.52. The van der Waals surface area contributed by atoms with Crippen LogP contribution in [-0.2, 0) is 9.53 Å². The van der Waals surface area contributed by atoms with Gasteiger partial charge in [0, 0.05) is 21.2 Å². The monoisotopic (exact) mass is 530 g/mol. The van der Waals surface area contributed by atoms with Crippen molar-refractivity contribution in [1.29, 1.82) is 0 Å². The van der Waals surface area contributed by atoms with Gasteiger partial charge >= 0.3 is 5.97 Å². The summed E-state index contributed by atoms with van der Waals surface area (Å²) in [6.45, 7) is 0. The molecule has 186 valence electrons. The number of benzene rings is 4. The normalized spacial score (nSPS) is 11.3. The van der Waals surface area contributed by atoms with Crippen molar-refractivity contribution >= 4 is 52.5 Å². The highest BCUT2D eigenvalue weighted by Crippen LogP contribution is 2.37. The Labute approximate surface area is 224 Å². The fourth-order valence-electron chi connectivity index (χ4n) is 3.57. The second-order valence-corrected chi connectivity index (χ2v) is 9.54. The van der Waals surface area contributed by atoms with Crippen LogP contribution in [0.15, 0.2) is 108 Å². The molecular formula is C29H23ClN2O4S. The SMILES string of the molecule is COC(=O)c1ccccc1NC(=O)C(Sc1ccc(NC(=O)c2cccc(Cl)c2)cc1)c1ccccc1. The van der Waals surface area contributed by atoms with E-state index in [0.717, 1.165) is 10.5 Å².